The molecule has 4 N–H and O–H groups in total. The lowest BCUT2D eigenvalue weighted by Gasteiger charge is -2.27. The molecule has 0 atom stereocenters. The molecule has 0 radical (unpaired) electrons. The molecule has 0 saturated carbocycles. The molecule has 6 nitrogen and oxygen atoms in total. The van der Waals surface area contributed by atoms with Gasteiger partial charge in [-0.15, -0.1) is 0 Å². The van der Waals surface area contributed by atoms with Crippen molar-refractivity contribution < 1.29 is 9.94 Å². The number of piperidine rings is 1. The molecule has 1 aromatic carbocycles. The molecule has 1 aliphatic heterocycles. The van der Waals surface area contributed by atoms with E-state index in [1.54, 1.807) is 7.11 Å². The molecular weight excluding hydrogens is 256 g/mol. The van der Waals surface area contributed by atoms with E-state index in [9.17, 15) is 0 Å². The summed E-state index contributed by atoms with van der Waals surface area (Å²) in [4.78, 5) is 0. The molecule has 20 heavy (non-hydrogen) atoms. The Morgan fingerprint density at radius 1 is 1.40 bits per heavy atom. The van der Waals surface area contributed by atoms with E-state index in [1.165, 1.54) is 19.3 Å². The molecule has 1 aliphatic rings. The topological polar surface area (TPSA) is 83.1 Å². The van der Waals surface area contributed by atoms with Crippen LogP contribution >= 0.6 is 0 Å². The number of ether oxygens (including phenoxy) is 1. The number of methoxy groups -OCH3 is 1. The summed E-state index contributed by atoms with van der Waals surface area (Å²) in [5.74, 6) is 0.656. The highest BCUT2D eigenvalue weighted by atomic mass is 16.5. The first-order valence-electron chi connectivity index (χ1n) is 6.88. The first kappa shape index (κ1) is 14.6. The maximum atomic E-state index is 8.82. The van der Waals surface area contributed by atoms with Crippen LogP contribution in [0.15, 0.2) is 23.4 Å². The van der Waals surface area contributed by atoms with Gasteiger partial charge in [0.05, 0.1) is 12.7 Å². The molecular formula is C14H22N4O2. The Bertz CT molecular complexity index is 470. The van der Waals surface area contributed by atoms with E-state index in [-0.39, 0.29) is 5.84 Å². The third kappa shape index (κ3) is 3.61. The summed E-state index contributed by atoms with van der Waals surface area (Å²) >= 11 is 0. The Morgan fingerprint density at radius 3 is 2.80 bits per heavy atom. The van der Waals surface area contributed by atoms with Crippen molar-refractivity contribution in [3.8, 4) is 5.75 Å². The number of oxime groups is 1. The minimum atomic E-state index is 0.0571. The molecule has 0 aromatic heterocycles. The summed E-state index contributed by atoms with van der Waals surface area (Å²) in [7, 11) is 1.56. The monoisotopic (exact) mass is 278 g/mol. The van der Waals surface area contributed by atoms with E-state index < -0.39 is 0 Å². The number of amidine groups is 1. The third-order valence-corrected chi connectivity index (χ3v) is 3.51. The fourth-order valence-corrected chi connectivity index (χ4v) is 2.37. The van der Waals surface area contributed by atoms with Crippen molar-refractivity contribution in [1.82, 2.24) is 10.4 Å². The van der Waals surface area contributed by atoms with Crippen LogP contribution in [-0.4, -0.2) is 36.3 Å². The quantitative estimate of drug-likeness (QED) is 0.327. The van der Waals surface area contributed by atoms with Gasteiger partial charge >= 0.3 is 0 Å². The molecule has 1 fully saturated rings. The molecule has 0 spiro atoms. The van der Waals surface area contributed by atoms with Crippen LogP contribution in [0.4, 0.5) is 0 Å². The smallest absolute Gasteiger partial charge is 0.173 e. The number of rotatable bonds is 5. The van der Waals surface area contributed by atoms with Crippen molar-refractivity contribution in [2.45, 2.75) is 25.8 Å². The molecule has 1 saturated heterocycles. The minimum absolute atomic E-state index is 0.0571. The van der Waals surface area contributed by atoms with Gasteiger partial charge < -0.3 is 15.7 Å². The van der Waals surface area contributed by atoms with Gasteiger partial charge in [0.15, 0.2) is 5.84 Å². The highest BCUT2D eigenvalue weighted by molar-refractivity contribution is 5.99. The maximum absolute atomic E-state index is 8.82. The maximum Gasteiger partial charge on any atom is 0.173 e. The van der Waals surface area contributed by atoms with E-state index >= 15 is 0 Å². The second-order valence-corrected chi connectivity index (χ2v) is 4.90. The van der Waals surface area contributed by atoms with E-state index in [4.69, 9.17) is 15.7 Å². The van der Waals surface area contributed by atoms with Crippen molar-refractivity contribution in [3.05, 3.63) is 29.3 Å². The fourth-order valence-electron chi connectivity index (χ4n) is 2.37. The number of nitrogens with zero attached hydrogens (tertiary/aromatic N) is 2. The second kappa shape index (κ2) is 7.12. The van der Waals surface area contributed by atoms with Crippen molar-refractivity contribution in [2.75, 3.05) is 20.2 Å². The summed E-state index contributed by atoms with van der Waals surface area (Å²) in [5, 5.41) is 14.1. The summed E-state index contributed by atoms with van der Waals surface area (Å²) in [5.41, 5.74) is 10.7. The van der Waals surface area contributed by atoms with Crippen LogP contribution in [0.1, 0.15) is 30.4 Å². The predicted octanol–water partition coefficient (Wildman–Crippen LogP) is 1.28. The first-order valence-corrected chi connectivity index (χ1v) is 6.88. The highest BCUT2D eigenvalue weighted by Crippen LogP contribution is 2.19. The average Bonchev–Trinajstić information content (AvgIpc) is 2.52. The van der Waals surface area contributed by atoms with Crippen LogP contribution in [0, 0.1) is 0 Å². The summed E-state index contributed by atoms with van der Waals surface area (Å²) in [6, 6.07) is 5.69. The molecule has 6 heteroatoms. The summed E-state index contributed by atoms with van der Waals surface area (Å²) in [6.07, 6.45) is 3.80. The van der Waals surface area contributed by atoms with Gasteiger partial charge in [0.1, 0.15) is 5.75 Å². The Labute approximate surface area is 119 Å². The zero-order valence-corrected chi connectivity index (χ0v) is 11.8. The zero-order valence-electron chi connectivity index (χ0n) is 11.8. The number of hydrogen-bond acceptors (Lipinski definition) is 5. The molecule has 0 unspecified atom stereocenters. The van der Waals surface area contributed by atoms with E-state index in [0.717, 1.165) is 25.2 Å². The van der Waals surface area contributed by atoms with Gasteiger partial charge in [-0.3, -0.25) is 5.43 Å². The predicted molar refractivity (Wildman–Crippen MR) is 77.8 cm³/mol. The lowest BCUT2D eigenvalue weighted by atomic mass is 10.1. The average molecular weight is 278 g/mol. The van der Waals surface area contributed by atoms with Crippen LogP contribution in [0.5, 0.6) is 5.75 Å². The lowest BCUT2D eigenvalue weighted by molar-refractivity contribution is 0.151. The van der Waals surface area contributed by atoms with Crippen LogP contribution < -0.4 is 15.9 Å². The van der Waals surface area contributed by atoms with Gasteiger partial charge in [0.2, 0.25) is 0 Å². The molecule has 0 bridgehead atoms. The summed E-state index contributed by atoms with van der Waals surface area (Å²) in [6.45, 7) is 2.89. The van der Waals surface area contributed by atoms with Crippen molar-refractivity contribution in [1.29, 1.82) is 0 Å². The van der Waals surface area contributed by atoms with E-state index in [1.807, 2.05) is 18.2 Å². The highest BCUT2D eigenvalue weighted by Gasteiger charge is 2.11. The van der Waals surface area contributed by atoms with Gasteiger partial charge in [-0.25, -0.2) is 5.01 Å². The van der Waals surface area contributed by atoms with Crippen molar-refractivity contribution >= 4 is 5.84 Å². The zero-order chi connectivity index (χ0) is 14.4. The van der Waals surface area contributed by atoms with Crippen LogP contribution in [0.3, 0.4) is 0 Å². The van der Waals surface area contributed by atoms with E-state index in [2.05, 4.69) is 15.6 Å². The minimum Gasteiger partial charge on any atom is -0.496 e. The molecule has 0 aliphatic carbocycles. The van der Waals surface area contributed by atoms with Gasteiger partial charge in [-0.2, -0.15) is 0 Å². The molecule has 1 heterocycles. The van der Waals surface area contributed by atoms with E-state index in [0.29, 0.717) is 11.3 Å². The SMILES string of the molecule is COc1ccc(CNN2CCCCC2)cc1/C(N)=N/O. The van der Waals surface area contributed by atoms with Gasteiger partial charge in [-0.1, -0.05) is 17.6 Å². The number of nitrogens with two attached hydrogens (primary N) is 1. The second-order valence-electron chi connectivity index (χ2n) is 4.90. The third-order valence-electron chi connectivity index (χ3n) is 3.51. The first-order chi connectivity index (χ1) is 9.74. The molecule has 0 amide bonds. The van der Waals surface area contributed by atoms with Gasteiger partial charge in [-0.05, 0) is 30.5 Å². The van der Waals surface area contributed by atoms with Crippen LogP contribution in [-0.2, 0) is 6.54 Å². The normalized spacial score (nSPS) is 17.1. The number of benzene rings is 1. The van der Waals surface area contributed by atoms with Gasteiger partial charge in [0.25, 0.3) is 0 Å². The lowest BCUT2D eigenvalue weighted by Crippen LogP contribution is -2.41. The standard InChI is InChI=1S/C14H22N4O2/c1-20-13-6-5-11(9-12(13)14(15)17-19)10-16-18-7-3-2-4-8-18/h5-6,9,16,19H,2-4,7-8,10H2,1H3,(H2,15,17). The number of hydrazine groups is 1. The largest absolute Gasteiger partial charge is 0.496 e. The number of hydrogen-bond donors (Lipinski definition) is 3. The van der Waals surface area contributed by atoms with Crippen molar-refractivity contribution in [3.63, 3.8) is 0 Å². The summed E-state index contributed by atoms with van der Waals surface area (Å²) < 4.78 is 5.21. The molecule has 1 aromatic rings. The van der Waals surface area contributed by atoms with Gasteiger partial charge in [0, 0.05) is 19.6 Å². The Kier molecular flexibility index (Phi) is 5.20. The fraction of sp³-hybridized carbons (Fsp3) is 0.500. The Morgan fingerprint density at radius 2 is 2.15 bits per heavy atom. The van der Waals surface area contributed by atoms with Crippen LogP contribution in [0.25, 0.3) is 0 Å². The molecule has 110 valence electrons. The Hall–Kier alpha value is -1.79. The molecule has 2 rings (SSSR count). The Balaban J connectivity index is 2.04. The van der Waals surface area contributed by atoms with Crippen LogP contribution in [0.2, 0.25) is 0 Å². The van der Waals surface area contributed by atoms with Crippen molar-refractivity contribution in [2.24, 2.45) is 10.9 Å². The number of nitrogens with one attached hydrogen (secondary N) is 1.